The molecule has 1 saturated carbocycles. The first-order valence-electron chi connectivity index (χ1n) is 11.5. The number of aliphatic hydroxyl groups is 2. The molecule has 0 unspecified atom stereocenters. The third-order valence-electron chi connectivity index (χ3n) is 6.71. The molecule has 1 aliphatic carbocycles. The smallest absolute Gasteiger partial charge is 0.305 e. The summed E-state index contributed by atoms with van der Waals surface area (Å²) in [5, 5.41) is 21.5. The second-order valence-electron chi connectivity index (χ2n) is 9.45. The van der Waals surface area contributed by atoms with Crippen molar-refractivity contribution in [3.63, 3.8) is 0 Å². The van der Waals surface area contributed by atoms with Gasteiger partial charge in [-0.15, -0.1) is 0 Å². The molecule has 2 aromatic carbocycles. The quantitative estimate of drug-likeness (QED) is 0.566. The van der Waals surface area contributed by atoms with Crippen LogP contribution in [-0.4, -0.2) is 47.2 Å². The van der Waals surface area contributed by atoms with E-state index in [1.54, 1.807) is 38.1 Å². The summed E-state index contributed by atoms with van der Waals surface area (Å²) in [5.41, 5.74) is 0.537. The fourth-order valence-electron chi connectivity index (χ4n) is 4.93. The first-order chi connectivity index (χ1) is 16.2. The van der Waals surface area contributed by atoms with Gasteiger partial charge >= 0.3 is 5.97 Å². The molecule has 0 saturated heterocycles. The summed E-state index contributed by atoms with van der Waals surface area (Å²) in [6, 6.07) is 14.6. The van der Waals surface area contributed by atoms with Crippen molar-refractivity contribution in [1.29, 1.82) is 0 Å². The Morgan fingerprint density at radius 1 is 1.24 bits per heavy atom. The van der Waals surface area contributed by atoms with E-state index < -0.39 is 29.6 Å². The minimum atomic E-state index is -1.52. The molecular weight excluding hydrogens is 439 g/mol. The van der Waals surface area contributed by atoms with Crippen molar-refractivity contribution >= 4 is 5.97 Å². The average molecular weight is 471 g/mol. The number of esters is 1. The van der Waals surface area contributed by atoms with Crippen molar-refractivity contribution in [1.82, 2.24) is 0 Å². The highest BCUT2D eigenvalue weighted by Crippen LogP contribution is 2.52. The molecule has 0 spiro atoms. The number of carbonyl (C=O) groups excluding carboxylic acids is 1. The fourth-order valence-corrected chi connectivity index (χ4v) is 4.93. The zero-order valence-corrected chi connectivity index (χ0v) is 19.6. The van der Waals surface area contributed by atoms with Gasteiger partial charge in [0, 0.05) is 30.2 Å². The predicted octanol–water partition coefficient (Wildman–Crippen LogP) is 4.09. The Balaban J connectivity index is 1.55. The molecule has 1 heterocycles. The molecule has 2 aliphatic rings. The van der Waals surface area contributed by atoms with Gasteiger partial charge < -0.3 is 24.4 Å². The lowest BCUT2D eigenvalue weighted by Crippen LogP contribution is -2.42. The lowest BCUT2D eigenvalue weighted by molar-refractivity contribution is -0.140. The lowest BCUT2D eigenvalue weighted by atomic mass is 9.85. The zero-order chi connectivity index (χ0) is 24.5. The van der Waals surface area contributed by atoms with E-state index >= 15 is 4.39 Å². The number of halogens is 1. The van der Waals surface area contributed by atoms with E-state index in [1.165, 1.54) is 13.2 Å². The summed E-state index contributed by atoms with van der Waals surface area (Å²) in [6.45, 7) is 3.24. The van der Waals surface area contributed by atoms with Gasteiger partial charge in [0.1, 0.15) is 35.1 Å². The van der Waals surface area contributed by atoms with Crippen molar-refractivity contribution < 1.29 is 33.6 Å². The molecule has 7 heteroatoms. The Hall–Kier alpha value is -2.90. The van der Waals surface area contributed by atoms with Crippen LogP contribution in [0.3, 0.4) is 0 Å². The molecule has 0 bridgehead atoms. The molecule has 6 nitrogen and oxygen atoms in total. The van der Waals surface area contributed by atoms with Gasteiger partial charge in [0.15, 0.2) is 0 Å². The van der Waals surface area contributed by atoms with Gasteiger partial charge in [-0.2, -0.15) is 0 Å². The van der Waals surface area contributed by atoms with Gasteiger partial charge in [0.2, 0.25) is 0 Å². The molecule has 0 radical (unpaired) electrons. The number of aliphatic hydroxyl groups excluding tert-OH is 2. The Labute approximate surface area is 199 Å². The van der Waals surface area contributed by atoms with Crippen LogP contribution in [0.1, 0.15) is 43.7 Å². The lowest BCUT2D eigenvalue weighted by Gasteiger charge is -2.31. The van der Waals surface area contributed by atoms with Crippen LogP contribution >= 0.6 is 0 Å². The third-order valence-corrected chi connectivity index (χ3v) is 6.71. The maximum atomic E-state index is 15.3. The van der Waals surface area contributed by atoms with Gasteiger partial charge in [0.05, 0.1) is 13.2 Å². The standard InChI is InChI=1S/C27H31FO6/c1-27(2,34-17-9-5-4-6-10-17)26(31)20(28)14-19-21(29)15-22-24(19)18-11-7-8-16(25(18)33-22)12-13-23(30)32-3/h4-11,14,19,21-22,24,26,29,31H,12-13,15H2,1-3H3/b20-14-/t19-,21+,22-,24+,26+/m0/s1. The molecule has 34 heavy (non-hydrogen) atoms. The average Bonchev–Trinajstić information content (AvgIpc) is 3.32. The summed E-state index contributed by atoms with van der Waals surface area (Å²) in [6.07, 6.45) is -0.264. The molecule has 0 aromatic heterocycles. The van der Waals surface area contributed by atoms with Gasteiger partial charge in [0.25, 0.3) is 0 Å². The normalized spacial score (nSPS) is 24.7. The van der Waals surface area contributed by atoms with Crippen LogP contribution < -0.4 is 9.47 Å². The molecule has 1 fully saturated rings. The van der Waals surface area contributed by atoms with Crippen LogP contribution in [0, 0.1) is 5.92 Å². The Kier molecular flexibility index (Phi) is 6.96. The van der Waals surface area contributed by atoms with E-state index in [2.05, 4.69) is 0 Å². The van der Waals surface area contributed by atoms with Gasteiger partial charge in [-0.25, -0.2) is 4.39 Å². The predicted molar refractivity (Wildman–Crippen MR) is 124 cm³/mol. The summed E-state index contributed by atoms with van der Waals surface area (Å²) in [7, 11) is 1.35. The van der Waals surface area contributed by atoms with E-state index in [0.29, 0.717) is 24.3 Å². The maximum absolute atomic E-state index is 15.3. The summed E-state index contributed by atoms with van der Waals surface area (Å²) in [5.74, 6) is -0.647. The van der Waals surface area contributed by atoms with E-state index in [-0.39, 0.29) is 24.4 Å². The molecule has 182 valence electrons. The zero-order valence-electron chi connectivity index (χ0n) is 19.6. The van der Waals surface area contributed by atoms with Gasteiger partial charge in [-0.1, -0.05) is 36.4 Å². The number of carbonyl (C=O) groups is 1. The van der Waals surface area contributed by atoms with Crippen LogP contribution in [0.2, 0.25) is 0 Å². The summed E-state index contributed by atoms with van der Waals surface area (Å²) in [4.78, 5) is 11.6. The van der Waals surface area contributed by atoms with Crippen LogP contribution in [-0.2, 0) is 16.0 Å². The Bertz CT molecular complexity index is 1050. The first kappa shape index (κ1) is 24.2. The third kappa shape index (κ3) is 4.81. The van der Waals surface area contributed by atoms with Crippen LogP contribution in [0.15, 0.2) is 60.4 Å². The van der Waals surface area contributed by atoms with E-state index in [9.17, 15) is 15.0 Å². The van der Waals surface area contributed by atoms with Crippen LogP contribution in [0.4, 0.5) is 4.39 Å². The summed E-state index contributed by atoms with van der Waals surface area (Å²) < 4.78 is 32.0. The fraction of sp³-hybridized carbons (Fsp3) is 0.444. The van der Waals surface area contributed by atoms with Crippen molar-refractivity contribution in [3.05, 3.63) is 71.6 Å². The molecule has 1 aliphatic heterocycles. The van der Waals surface area contributed by atoms with Crippen molar-refractivity contribution in [2.24, 2.45) is 5.92 Å². The molecule has 2 N–H and O–H groups in total. The van der Waals surface area contributed by atoms with Gasteiger partial charge in [-0.3, -0.25) is 4.79 Å². The molecule has 5 atom stereocenters. The maximum Gasteiger partial charge on any atom is 0.305 e. The highest BCUT2D eigenvalue weighted by atomic mass is 19.1. The minimum Gasteiger partial charge on any atom is -0.489 e. The topological polar surface area (TPSA) is 85.2 Å². The largest absolute Gasteiger partial charge is 0.489 e. The number of hydrogen-bond donors (Lipinski definition) is 2. The molecule has 0 amide bonds. The van der Waals surface area contributed by atoms with Crippen LogP contribution in [0.5, 0.6) is 11.5 Å². The highest BCUT2D eigenvalue weighted by Gasteiger charge is 2.50. The Morgan fingerprint density at radius 3 is 2.68 bits per heavy atom. The van der Waals surface area contributed by atoms with Crippen molar-refractivity contribution in [2.75, 3.05) is 7.11 Å². The number of methoxy groups -OCH3 is 1. The van der Waals surface area contributed by atoms with E-state index in [1.807, 2.05) is 24.3 Å². The SMILES string of the molecule is COC(=O)CCc1cccc2c1O[C@H]1C[C@@H](O)[C@H](/C=C(\F)[C@@H](O)C(C)(C)Oc3ccccc3)[C@@H]21. The van der Waals surface area contributed by atoms with Crippen molar-refractivity contribution in [3.8, 4) is 11.5 Å². The number of para-hydroxylation sites is 2. The summed E-state index contributed by atoms with van der Waals surface area (Å²) >= 11 is 0. The van der Waals surface area contributed by atoms with E-state index in [0.717, 1.165) is 11.1 Å². The molecule has 4 rings (SSSR count). The van der Waals surface area contributed by atoms with Crippen LogP contribution in [0.25, 0.3) is 0 Å². The minimum absolute atomic E-state index is 0.231. The second-order valence-corrected chi connectivity index (χ2v) is 9.45. The number of benzene rings is 2. The first-order valence-corrected chi connectivity index (χ1v) is 11.5. The second kappa shape index (κ2) is 9.76. The Morgan fingerprint density at radius 2 is 1.97 bits per heavy atom. The van der Waals surface area contributed by atoms with Crippen molar-refractivity contribution in [2.45, 2.75) is 62.9 Å². The molecular formula is C27H31FO6. The monoisotopic (exact) mass is 470 g/mol. The molecule has 2 aromatic rings. The number of aryl methyl sites for hydroxylation is 1. The highest BCUT2D eigenvalue weighted by molar-refractivity contribution is 5.69. The van der Waals surface area contributed by atoms with E-state index in [4.69, 9.17) is 14.2 Å². The number of hydrogen-bond acceptors (Lipinski definition) is 6. The number of rotatable bonds is 8. The number of fused-ring (bicyclic) bond motifs is 3. The van der Waals surface area contributed by atoms with Gasteiger partial charge in [-0.05, 0) is 44.0 Å². The number of ether oxygens (including phenoxy) is 3.